The fraction of sp³-hybridized carbons (Fsp3) is 0.267. The molecule has 0 unspecified atom stereocenters. The molecule has 1 aromatic heterocycles. The number of aryl methyl sites for hydroxylation is 1. The summed E-state index contributed by atoms with van der Waals surface area (Å²) in [5.41, 5.74) is 8.80. The van der Waals surface area contributed by atoms with Gasteiger partial charge in [-0.1, -0.05) is 6.07 Å². The third kappa shape index (κ3) is 2.49. The number of carbonyl (C=O) groups excluding carboxylic acids is 1. The lowest BCUT2D eigenvalue weighted by atomic mass is 10.0. The van der Waals surface area contributed by atoms with Gasteiger partial charge in [0.25, 0.3) is 0 Å². The Kier molecular flexibility index (Phi) is 3.25. The summed E-state index contributed by atoms with van der Waals surface area (Å²) in [4.78, 5) is 15.4. The zero-order valence-electron chi connectivity index (χ0n) is 10.6. The number of benzene rings is 1. The Labute approximate surface area is 116 Å². The minimum absolute atomic E-state index is 0.174. The summed E-state index contributed by atoms with van der Waals surface area (Å²) in [6.45, 7) is 0.807. The van der Waals surface area contributed by atoms with Crippen molar-refractivity contribution in [3.8, 4) is 0 Å². The molecular weight excluding hydrogens is 256 g/mol. The Balaban J connectivity index is 1.85. The van der Waals surface area contributed by atoms with Crippen LogP contribution in [0.4, 0.5) is 11.4 Å². The van der Waals surface area contributed by atoms with E-state index in [4.69, 9.17) is 5.73 Å². The standard InChI is InChI=1S/C15H16N2OS/c16-12-5-6-14-11(9-12)3-1-7-17(14)15(18)10-13-4-2-8-19-13/h2,4-6,8-9H,1,3,7,10,16H2. The van der Waals surface area contributed by atoms with Crippen LogP contribution >= 0.6 is 11.3 Å². The molecule has 1 aromatic carbocycles. The van der Waals surface area contributed by atoms with Crippen LogP contribution in [0.1, 0.15) is 16.9 Å². The predicted octanol–water partition coefficient (Wildman–Crippen LogP) is 2.85. The Hall–Kier alpha value is -1.81. The Morgan fingerprint density at radius 2 is 2.26 bits per heavy atom. The molecule has 2 N–H and O–H groups in total. The van der Waals surface area contributed by atoms with Crippen molar-refractivity contribution in [1.29, 1.82) is 0 Å². The quantitative estimate of drug-likeness (QED) is 0.854. The first-order valence-electron chi connectivity index (χ1n) is 6.45. The maximum absolute atomic E-state index is 12.4. The molecule has 98 valence electrons. The fourth-order valence-electron chi connectivity index (χ4n) is 2.53. The minimum atomic E-state index is 0.174. The maximum atomic E-state index is 12.4. The Morgan fingerprint density at radius 3 is 3.05 bits per heavy atom. The molecule has 0 atom stereocenters. The zero-order chi connectivity index (χ0) is 13.2. The first-order chi connectivity index (χ1) is 9.24. The minimum Gasteiger partial charge on any atom is -0.399 e. The highest BCUT2D eigenvalue weighted by Gasteiger charge is 2.22. The summed E-state index contributed by atoms with van der Waals surface area (Å²) in [5, 5.41) is 2.01. The molecular formula is C15H16N2OS. The second-order valence-electron chi connectivity index (χ2n) is 4.79. The van der Waals surface area contributed by atoms with Gasteiger partial charge in [0, 0.05) is 22.8 Å². The molecule has 0 fully saturated rings. The van der Waals surface area contributed by atoms with Gasteiger partial charge in [-0.3, -0.25) is 4.79 Å². The number of hydrogen-bond donors (Lipinski definition) is 1. The van der Waals surface area contributed by atoms with Crippen LogP contribution in [0.2, 0.25) is 0 Å². The monoisotopic (exact) mass is 272 g/mol. The van der Waals surface area contributed by atoms with Crippen molar-refractivity contribution < 1.29 is 4.79 Å². The van der Waals surface area contributed by atoms with Crippen molar-refractivity contribution in [1.82, 2.24) is 0 Å². The number of fused-ring (bicyclic) bond motifs is 1. The van der Waals surface area contributed by atoms with E-state index in [9.17, 15) is 4.79 Å². The smallest absolute Gasteiger partial charge is 0.232 e. The van der Waals surface area contributed by atoms with Crippen LogP contribution in [0.3, 0.4) is 0 Å². The van der Waals surface area contributed by atoms with E-state index in [0.717, 1.165) is 35.6 Å². The summed E-state index contributed by atoms with van der Waals surface area (Å²) < 4.78 is 0. The van der Waals surface area contributed by atoms with E-state index in [1.165, 1.54) is 5.56 Å². The summed E-state index contributed by atoms with van der Waals surface area (Å²) in [6.07, 6.45) is 2.50. The average molecular weight is 272 g/mol. The second kappa shape index (κ2) is 5.05. The van der Waals surface area contributed by atoms with Crippen LogP contribution in [-0.2, 0) is 17.6 Å². The first-order valence-corrected chi connectivity index (χ1v) is 7.33. The van der Waals surface area contributed by atoms with Crippen molar-refractivity contribution in [2.45, 2.75) is 19.3 Å². The van der Waals surface area contributed by atoms with E-state index in [1.807, 2.05) is 40.6 Å². The molecule has 0 aliphatic carbocycles. The Morgan fingerprint density at radius 1 is 1.37 bits per heavy atom. The highest BCUT2D eigenvalue weighted by molar-refractivity contribution is 7.10. The van der Waals surface area contributed by atoms with Gasteiger partial charge in [0.15, 0.2) is 0 Å². The van der Waals surface area contributed by atoms with Crippen LogP contribution < -0.4 is 10.6 Å². The average Bonchev–Trinajstić information content (AvgIpc) is 2.90. The molecule has 0 bridgehead atoms. The van der Waals surface area contributed by atoms with Gasteiger partial charge in [0.2, 0.25) is 5.91 Å². The zero-order valence-corrected chi connectivity index (χ0v) is 11.5. The SMILES string of the molecule is Nc1ccc2c(c1)CCCN2C(=O)Cc1cccs1. The normalized spacial score (nSPS) is 14.2. The van der Waals surface area contributed by atoms with Crippen LogP contribution in [0, 0.1) is 0 Å². The van der Waals surface area contributed by atoms with Crippen LogP contribution in [0.5, 0.6) is 0 Å². The molecule has 0 radical (unpaired) electrons. The third-order valence-corrected chi connectivity index (χ3v) is 4.31. The van der Waals surface area contributed by atoms with Gasteiger partial charge in [-0.25, -0.2) is 0 Å². The van der Waals surface area contributed by atoms with E-state index in [2.05, 4.69) is 0 Å². The number of hydrogen-bond acceptors (Lipinski definition) is 3. The molecule has 0 spiro atoms. The van der Waals surface area contributed by atoms with Crippen molar-refractivity contribution in [3.63, 3.8) is 0 Å². The lowest BCUT2D eigenvalue weighted by molar-refractivity contribution is -0.118. The number of thiophene rings is 1. The van der Waals surface area contributed by atoms with Crippen molar-refractivity contribution in [3.05, 3.63) is 46.2 Å². The van der Waals surface area contributed by atoms with E-state index in [1.54, 1.807) is 11.3 Å². The summed E-state index contributed by atoms with van der Waals surface area (Å²) in [6, 6.07) is 9.82. The van der Waals surface area contributed by atoms with Crippen molar-refractivity contribution in [2.75, 3.05) is 17.2 Å². The van der Waals surface area contributed by atoms with Gasteiger partial charge < -0.3 is 10.6 Å². The molecule has 4 heteroatoms. The number of nitrogens with zero attached hydrogens (tertiary/aromatic N) is 1. The lowest BCUT2D eigenvalue weighted by Crippen LogP contribution is -2.36. The number of nitrogens with two attached hydrogens (primary N) is 1. The molecule has 0 saturated carbocycles. The van der Waals surface area contributed by atoms with E-state index >= 15 is 0 Å². The van der Waals surface area contributed by atoms with E-state index < -0.39 is 0 Å². The number of nitrogen functional groups attached to an aromatic ring is 1. The maximum Gasteiger partial charge on any atom is 0.232 e. The fourth-order valence-corrected chi connectivity index (χ4v) is 3.23. The molecule has 2 heterocycles. The number of carbonyl (C=O) groups is 1. The highest BCUT2D eigenvalue weighted by Crippen LogP contribution is 2.29. The van der Waals surface area contributed by atoms with E-state index in [0.29, 0.717) is 6.42 Å². The largest absolute Gasteiger partial charge is 0.399 e. The summed E-state index contributed by atoms with van der Waals surface area (Å²) >= 11 is 1.63. The van der Waals surface area contributed by atoms with Gasteiger partial charge in [0.1, 0.15) is 0 Å². The molecule has 1 aliphatic heterocycles. The van der Waals surface area contributed by atoms with Crippen molar-refractivity contribution in [2.24, 2.45) is 0 Å². The molecule has 3 rings (SSSR count). The summed E-state index contributed by atoms with van der Waals surface area (Å²) in [7, 11) is 0. The van der Waals surface area contributed by atoms with Gasteiger partial charge >= 0.3 is 0 Å². The van der Waals surface area contributed by atoms with Crippen LogP contribution in [-0.4, -0.2) is 12.5 Å². The third-order valence-electron chi connectivity index (χ3n) is 3.43. The van der Waals surface area contributed by atoms with Crippen molar-refractivity contribution >= 4 is 28.6 Å². The number of anilines is 2. The second-order valence-corrected chi connectivity index (χ2v) is 5.83. The van der Waals surface area contributed by atoms with Crippen LogP contribution in [0.25, 0.3) is 0 Å². The highest BCUT2D eigenvalue weighted by atomic mass is 32.1. The van der Waals surface area contributed by atoms with Gasteiger partial charge in [-0.2, -0.15) is 0 Å². The predicted molar refractivity (Wildman–Crippen MR) is 79.6 cm³/mol. The first kappa shape index (κ1) is 12.2. The molecule has 2 aromatic rings. The Bertz CT molecular complexity index is 592. The molecule has 1 aliphatic rings. The molecule has 0 saturated heterocycles. The molecule has 3 nitrogen and oxygen atoms in total. The lowest BCUT2D eigenvalue weighted by Gasteiger charge is -2.29. The summed E-state index contributed by atoms with van der Waals surface area (Å²) in [5.74, 6) is 0.174. The topological polar surface area (TPSA) is 46.3 Å². The number of rotatable bonds is 2. The van der Waals surface area contributed by atoms with Gasteiger partial charge in [-0.15, -0.1) is 11.3 Å². The van der Waals surface area contributed by atoms with E-state index in [-0.39, 0.29) is 5.91 Å². The van der Waals surface area contributed by atoms with Gasteiger partial charge in [0.05, 0.1) is 6.42 Å². The molecule has 1 amide bonds. The van der Waals surface area contributed by atoms with Crippen LogP contribution in [0.15, 0.2) is 35.7 Å². The molecule has 19 heavy (non-hydrogen) atoms. The van der Waals surface area contributed by atoms with Gasteiger partial charge in [-0.05, 0) is 48.1 Å². The number of amides is 1.